The Bertz CT molecular complexity index is 614. The van der Waals surface area contributed by atoms with Gasteiger partial charge in [0.1, 0.15) is 17.1 Å². The van der Waals surface area contributed by atoms with E-state index in [-0.39, 0.29) is 0 Å². The third-order valence-corrected chi connectivity index (χ3v) is 3.38. The highest BCUT2D eigenvalue weighted by Gasteiger charge is 2.47. The van der Waals surface area contributed by atoms with Crippen molar-refractivity contribution in [3.8, 4) is 11.3 Å². The van der Waals surface area contributed by atoms with Gasteiger partial charge in [-0.15, -0.1) is 0 Å². The van der Waals surface area contributed by atoms with Gasteiger partial charge in [0.05, 0.1) is 0 Å². The molecule has 1 aliphatic carbocycles. The number of benzene rings is 1. The number of aliphatic imine (C=N–C) groups is 1. The zero-order valence-electron chi connectivity index (χ0n) is 10.1. The molecule has 0 amide bonds. The average Bonchev–Trinajstić information content (AvgIpc) is 2.99. The fraction of sp³-hybridized carbons (Fsp3) is 0.267. The molecule has 90 valence electrons. The molecule has 0 unspecified atom stereocenters. The average molecular weight is 239 g/mol. The molecule has 1 saturated carbocycles. The Morgan fingerprint density at radius 2 is 1.89 bits per heavy atom. The van der Waals surface area contributed by atoms with Gasteiger partial charge in [0.25, 0.3) is 0 Å². The van der Waals surface area contributed by atoms with E-state index in [4.69, 9.17) is 4.42 Å². The minimum atomic E-state index is -0.426. The van der Waals surface area contributed by atoms with Gasteiger partial charge in [-0.05, 0) is 31.9 Å². The van der Waals surface area contributed by atoms with Crippen LogP contribution in [0.2, 0.25) is 0 Å². The van der Waals surface area contributed by atoms with Crippen LogP contribution < -0.4 is 0 Å². The third-order valence-electron chi connectivity index (χ3n) is 3.38. The maximum absolute atomic E-state index is 10.4. The first-order chi connectivity index (χ1) is 8.73. The maximum Gasteiger partial charge on any atom is 0.235 e. The predicted molar refractivity (Wildman–Crippen MR) is 67.9 cm³/mol. The highest BCUT2D eigenvalue weighted by atomic mass is 16.3. The van der Waals surface area contributed by atoms with Crippen LogP contribution in [-0.4, -0.2) is 6.08 Å². The number of carbonyl (C=O) groups excluding carboxylic acids is 1. The molecular formula is C15H13NO2. The van der Waals surface area contributed by atoms with Crippen LogP contribution in [0.4, 0.5) is 0 Å². The number of hydrogen-bond acceptors (Lipinski definition) is 3. The maximum atomic E-state index is 10.4. The molecule has 0 radical (unpaired) electrons. The predicted octanol–water partition coefficient (Wildman–Crippen LogP) is 3.58. The van der Waals surface area contributed by atoms with Gasteiger partial charge < -0.3 is 4.42 Å². The first-order valence-corrected chi connectivity index (χ1v) is 6.00. The number of furan rings is 1. The minimum Gasteiger partial charge on any atom is -0.458 e. The Balaban J connectivity index is 1.95. The summed E-state index contributed by atoms with van der Waals surface area (Å²) < 4.78 is 5.82. The summed E-state index contributed by atoms with van der Waals surface area (Å²) in [6.07, 6.45) is 3.37. The van der Waals surface area contributed by atoms with Gasteiger partial charge in [-0.2, -0.15) is 4.99 Å². The van der Waals surface area contributed by atoms with Gasteiger partial charge in [-0.1, -0.05) is 29.8 Å². The molecular weight excluding hydrogens is 226 g/mol. The van der Waals surface area contributed by atoms with Crippen LogP contribution in [0.3, 0.4) is 0 Å². The quantitative estimate of drug-likeness (QED) is 0.607. The van der Waals surface area contributed by atoms with E-state index in [2.05, 4.69) is 11.9 Å². The Morgan fingerprint density at radius 3 is 2.50 bits per heavy atom. The van der Waals surface area contributed by atoms with Crippen molar-refractivity contribution in [1.82, 2.24) is 0 Å². The molecule has 0 saturated heterocycles. The molecule has 3 rings (SSSR count). The van der Waals surface area contributed by atoms with E-state index >= 15 is 0 Å². The molecule has 3 heteroatoms. The monoisotopic (exact) mass is 239 g/mol. The minimum absolute atomic E-state index is 0.426. The highest BCUT2D eigenvalue weighted by molar-refractivity contribution is 5.58. The lowest BCUT2D eigenvalue weighted by atomic mass is 10.1. The van der Waals surface area contributed by atoms with Crippen molar-refractivity contribution in [2.24, 2.45) is 4.99 Å². The summed E-state index contributed by atoms with van der Waals surface area (Å²) in [5.41, 5.74) is 1.83. The van der Waals surface area contributed by atoms with Gasteiger partial charge in [-0.25, -0.2) is 4.79 Å². The number of isocyanates is 1. The molecule has 3 nitrogen and oxygen atoms in total. The lowest BCUT2D eigenvalue weighted by Gasteiger charge is -2.03. The van der Waals surface area contributed by atoms with Crippen LogP contribution in [0.15, 0.2) is 45.8 Å². The van der Waals surface area contributed by atoms with Crippen molar-refractivity contribution in [3.63, 3.8) is 0 Å². The number of rotatable bonds is 3. The highest BCUT2D eigenvalue weighted by Crippen LogP contribution is 2.50. The van der Waals surface area contributed by atoms with Crippen LogP contribution in [0, 0.1) is 6.92 Å². The van der Waals surface area contributed by atoms with Crippen molar-refractivity contribution < 1.29 is 9.21 Å². The lowest BCUT2D eigenvalue weighted by Crippen LogP contribution is -1.99. The topological polar surface area (TPSA) is 42.6 Å². The number of aryl methyl sites for hydroxylation is 1. The second-order valence-corrected chi connectivity index (χ2v) is 4.76. The van der Waals surface area contributed by atoms with Crippen LogP contribution in [0.1, 0.15) is 24.2 Å². The summed E-state index contributed by atoms with van der Waals surface area (Å²) in [6.45, 7) is 2.05. The molecule has 0 spiro atoms. The fourth-order valence-corrected chi connectivity index (χ4v) is 2.08. The molecule has 0 N–H and O–H groups in total. The van der Waals surface area contributed by atoms with E-state index in [0.29, 0.717) is 0 Å². The SMILES string of the molecule is Cc1ccc(-c2ccc(C3(N=C=O)CC3)o2)cc1. The van der Waals surface area contributed by atoms with E-state index in [9.17, 15) is 4.79 Å². The van der Waals surface area contributed by atoms with Gasteiger partial charge in [-0.3, -0.25) is 0 Å². The van der Waals surface area contributed by atoms with Crippen LogP contribution >= 0.6 is 0 Å². The van der Waals surface area contributed by atoms with E-state index in [1.165, 1.54) is 5.56 Å². The summed E-state index contributed by atoms with van der Waals surface area (Å²) in [6, 6.07) is 12.0. The van der Waals surface area contributed by atoms with E-state index in [1.807, 2.05) is 36.4 Å². The van der Waals surface area contributed by atoms with Crippen LogP contribution in [0.25, 0.3) is 11.3 Å². The van der Waals surface area contributed by atoms with Crippen molar-refractivity contribution >= 4 is 6.08 Å². The molecule has 18 heavy (non-hydrogen) atoms. The number of nitrogens with zero attached hydrogens (tertiary/aromatic N) is 1. The largest absolute Gasteiger partial charge is 0.458 e. The molecule has 0 atom stereocenters. The van der Waals surface area contributed by atoms with E-state index in [0.717, 1.165) is 29.9 Å². The van der Waals surface area contributed by atoms with Crippen molar-refractivity contribution in [2.75, 3.05) is 0 Å². The zero-order chi connectivity index (χ0) is 12.6. The molecule has 1 aromatic heterocycles. The van der Waals surface area contributed by atoms with Gasteiger partial charge in [0, 0.05) is 5.56 Å². The smallest absolute Gasteiger partial charge is 0.235 e. The fourth-order valence-electron chi connectivity index (χ4n) is 2.08. The molecule has 0 bridgehead atoms. The van der Waals surface area contributed by atoms with Crippen LogP contribution in [-0.2, 0) is 10.3 Å². The summed E-state index contributed by atoms with van der Waals surface area (Å²) in [7, 11) is 0. The Kier molecular flexibility index (Phi) is 2.42. The molecule has 0 aliphatic heterocycles. The van der Waals surface area contributed by atoms with Gasteiger partial charge >= 0.3 is 0 Å². The molecule has 1 heterocycles. The van der Waals surface area contributed by atoms with Gasteiger partial charge in [0.2, 0.25) is 6.08 Å². The normalized spacial score (nSPS) is 16.1. The summed E-state index contributed by atoms with van der Waals surface area (Å²) in [5, 5.41) is 0. The Morgan fingerprint density at radius 1 is 1.17 bits per heavy atom. The summed E-state index contributed by atoms with van der Waals surface area (Å²) in [4.78, 5) is 14.3. The van der Waals surface area contributed by atoms with Crippen molar-refractivity contribution in [3.05, 3.63) is 47.7 Å². The van der Waals surface area contributed by atoms with Crippen molar-refractivity contribution in [2.45, 2.75) is 25.3 Å². The van der Waals surface area contributed by atoms with Crippen molar-refractivity contribution in [1.29, 1.82) is 0 Å². The van der Waals surface area contributed by atoms with E-state index < -0.39 is 5.54 Å². The Hall–Kier alpha value is -2.12. The first-order valence-electron chi connectivity index (χ1n) is 6.00. The van der Waals surface area contributed by atoms with E-state index in [1.54, 1.807) is 6.08 Å². The van der Waals surface area contributed by atoms with Crippen LogP contribution in [0.5, 0.6) is 0 Å². The zero-order valence-corrected chi connectivity index (χ0v) is 10.1. The summed E-state index contributed by atoms with van der Waals surface area (Å²) in [5.74, 6) is 1.58. The lowest BCUT2D eigenvalue weighted by molar-refractivity contribution is 0.464. The second-order valence-electron chi connectivity index (χ2n) is 4.76. The standard InChI is InChI=1S/C15H13NO2/c1-11-2-4-12(5-3-11)13-6-7-14(18-13)15(8-9-15)16-10-17/h2-7H,8-9H2,1H3. The molecule has 1 aromatic carbocycles. The second kappa shape index (κ2) is 3.97. The van der Waals surface area contributed by atoms with Gasteiger partial charge in [0.15, 0.2) is 0 Å². The Labute approximate surface area is 105 Å². The first kappa shape index (κ1) is 11.0. The third kappa shape index (κ3) is 1.79. The molecule has 1 aliphatic rings. The summed E-state index contributed by atoms with van der Waals surface area (Å²) >= 11 is 0. The molecule has 1 fully saturated rings. The number of hydrogen-bond donors (Lipinski definition) is 0. The molecule has 2 aromatic rings.